The number of anilines is 1. The van der Waals surface area contributed by atoms with E-state index in [-0.39, 0.29) is 5.48 Å². The Bertz CT molecular complexity index is 760. The van der Waals surface area contributed by atoms with Gasteiger partial charge in [-0.2, -0.15) is 0 Å². The molecule has 1 fully saturated rings. The van der Waals surface area contributed by atoms with E-state index in [4.69, 9.17) is 4.74 Å². The Kier molecular flexibility index (Phi) is 9.04. The number of nitrogens with zero attached hydrogens (tertiary/aromatic N) is 3. The Labute approximate surface area is 176 Å². The van der Waals surface area contributed by atoms with Crippen molar-refractivity contribution in [3.05, 3.63) is 42.2 Å². The second-order valence-corrected chi connectivity index (χ2v) is 8.99. The SMILES string of the molecule is CCc1cnc(N2CCC([C@H](C)CCOc3ccc(S(C)=O)cc3)CC2)nc1.O. The number of hydrogen-bond acceptors (Lipinski definition) is 5. The molecule has 0 spiro atoms. The summed E-state index contributed by atoms with van der Waals surface area (Å²) in [6.07, 6.45) is 9.96. The zero-order valence-electron chi connectivity index (χ0n) is 17.6. The summed E-state index contributed by atoms with van der Waals surface area (Å²) < 4.78 is 17.3. The van der Waals surface area contributed by atoms with Gasteiger partial charge in [0.15, 0.2) is 0 Å². The number of aryl methyl sites for hydroxylation is 1. The van der Waals surface area contributed by atoms with Crippen LogP contribution in [0.15, 0.2) is 41.6 Å². The number of rotatable bonds is 8. The summed E-state index contributed by atoms with van der Waals surface area (Å²) in [5.74, 6) is 3.07. The summed E-state index contributed by atoms with van der Waals surface area (Å²) in [7, 11) is -0.941. The molecule has 2 heterocycles. The second kappa shape index (κ2) is 11.3. The molecule has 1 aliphatic rings. The lowest BCUT2D eigenvalue weighted by atomic mass is 9.84. The van der Waals surface area contributed by atoms with E-state index in [1.165, 1.54) is 18.4 Å². The monoisotopic (exact) mass is 419 g/mol. The van der Waals surface area contributed by atoms with Crippen LogP contribution in [-0.4, -0.2) is 45.6 Å². The normalized spacial score (nSPS) is 16.7. The van der Waals surface area contributed by atoms with Gasteiger partial charge in [0.2, 0.25) is 5.95 Å². The third-order valence-electron chi connectivity index (χ3n) is 5.72. The van der Waals surface area contributed by atoms with Gasteiger partial charge in [0, 0.05) is 47.4 Å². The molecule has 3 rings (SSSR count). The second-order valence-electron chi connectivity index (χ2n) is 7.61. The first-order chi connectivity index (χ1) is 13.6. The van der Waals surface area contributed by atoms with Gasteiger partial charge in [-0.1, -0.05) is 13.8 Å². The summed E-state index contributed by atoms with van der Waals surface area (Å²) in [5, 5.41) is 0. The molecule has 0 saturated carbocycles. The molecule has 1 unspecified atom stereocenters. The van der Waals surface area contributed by atoms with Crippen molar-refractivity contribution in [2.24, 2.45) is 11.8 Å². The van der Waals surface area contributed by atoms with Crippen LogP contribution in [0.3, 0.4) is 0 Å². The maximum Gasteiger partial charge on any atom is 0.225 e. The van der Waals surface area contributed by atoms with Gasteiger partial charge in [-0.3, -0.25) is 4.21 Å². The number of piperidine rings is 1. The summed E-state index contributed by atoms with van der Waals surface area (Å²) in [6.45, 7) is 7.22. The Morgan fingerprint density at radius 1 is 1.17 bits per heavy atom. The molecule has 1 saturated heterocycles. The van der Waals surface area contributed by atoms with E-state index in [2.05, 4.69) is 28.7 Å². The van der Waals surface area contributed by atoms with Gasteiger partial charge in [0.25, 0.3) is 0 Å². The summed E-state index contributed by atoms with van der Waals surface area (Å²) in [4.78, 5) is 12.2. The van der Waals surface area contributed by atoms with Gasteiger partial charge in [-0.15, -0.1) is 0 Å². The molecule has 1 aliphatic heterocycles. The van der Waals surface area contributed by atoms with Crippen LogP contribution >= 0.6 is 0 Å². The van der Waals surface area contributed by atoms with Crippen molar-refractivity contribution in [1.29, 1.82) is 0 Å². The van der Waals surface area contributed by atoms with Gasteiger partial charge in [-0.25, -0.2) is 9.97 Å². The molecular formula is C22H33N3O3S. The Morgan fingerprint density at radius 2 is 1.79 bits per heavy atom. The highest BCUT2D eigenvalue weighted by Crippen LogP contribution is 2.28. The molecule has 29 heavy (non-hydrogen) atoms. The van der Waals surface area contributed by atoms with Gasteiger partial charge in [-0.05, 0) is 67.3 Å². The van der Waals surface area contributed by atoms with Crippen molar-refractivity contribution in [2.75, 3.05) is 30.9 Å². The zero-order valence-corrected chi connectivity index (χ0v) is 18.5. The molecule has 2 N–H and O–H groups in total. The Hall–Kier alpha value is -1.99. The highest BCUT2D eigenvalue weighted by atomic mass is 32.2. The van der Waals surface area contributed by atoms with E-state index in [0.29, 0.717) is 5.92 Å². The van der Waals surface area contributed by atoms with Crippen molar-refractivity contribution < 1.29 is 14.4 Å². The minimum Gasteiger partial charge on any atom is -0.494 e. The lowest BCUT2D eigenvalue weighted by molar-refractivity contribution is 0.222. The predicted octanol–water partition coefficient (Wildman–Crippen LogP) is 3.27. The largest absolute Gasteiger partial charge is 0.494 e. The standard InChI is InChI=1S/C22H31N3O2S.H2O/c1-4-18-15-23-22(24-16-18)25-12-9-19(10-13-25)17(2)11-14-27-20-5-7-21(8-6-20)28(3)26;/h5-8,15-17,19H,4,9-14H2,1-3H3;1H2/t17-,28?;/m1./s1. The molecule has 160 valence electrons. The zero-order chi connectivity index (χ0) is 19.9. The molecule has 1 aromatic carbocycles. The Morgan fingerprint density at radius 3 is 2.34 bits per heavy atom. The van der Waals surface area contributed by atoms with Crippen molar-refractivity contribution in [3.63, 3.8) is 0 Å². The molecule has 0 amide bonds. The first-order valence-electron chi connectivity index (χ1n) is 10.2. The van der Waals surface area contributed by atoms with E-state index >= 15 is 0 Å². The number of benzene rings is 1. The van der Waals surface area contributed by atoms with Crippen LogP contribution in [0.2, 0.25) is 0 Å². The molecule has 2 aromatic rings. The van der Waals surface area contributed by atoms with E-state index in [0.717, 1.165) is 55.0 Å². The topological polar surface area (TPSA) is 86.8 Å². The van der Waals surface area contributed by atoms with Crippen LogP contribution in [0, 0.1) is 11.8 Å². The van der Waals surface area contributed by atoms with E-state index in [1.807, 2.05) is 36.7 Å². The minimum atomic E-state index is -0.941. The van der Waals surface area contributed by atoms with Gasteiger partial charge in [0.1, 0.15) is 5.75 Å². The third kappa shape index (κ3) is 6.51. The highest BCUT2D eigenvalue weighted by Gasteiger charge is 2.25. The fraction of sp³-hybridized carbons (Fsp3) is 0.545. The number of aromatic nitrogens is 2. The maximum absolute atomic E-state index is 11.4. The predicted molar refractivity (Wildman–Crippen MR) is 118 cm³/mol. The molecular weight excluding hydrogens is 386 g/mol. The molecule has 0 bridgehead atoms. The fourth-order valence-corrected chi connectivity index (χ4v) is 4.21. The van der Waals surface area contributed by atoms with E-state index in [9.17, 15) is 4.21 Å². The summed E-state index contributed by atoms with van der Waals surface area (Å²) in [5.41, 5.74) is 1.19. The highest BCUT2D eigenvalue weighted by molar-refractivity contribution is 7.84. The molecule has 0 radical (unpaired) electrons. The van der Waals surface area contributed by atoms with Crippen LogP contribution in [0.1, 0.15) is 38.7 Å². The fourth-order valence-electron chi connectivity index (χ4n) is 3.69. The quantitative estimate of drug-likeness (QED) is 0.655. The van der Waals surface area contributed by atoms with Gasteiger partial charge in [0.05, 0.1) is 6.61 Å². The summed E-state index contributed by atoms with van der Waals surface area (Å²) in [6, 6.07) is 7.56. The van der Waals surface area contributed by atoms with Gasteiger partial charge < -0.3 is 15.1 Å². The molecule has 6 nitrogen and oxygen atoms in total. The van der Waals surface area contributed by atoms with Crippen molar-refractivity contribution in [2.45, 2.75) is 44.4 Å². The molecule has 7 heteroatoms. The first-order valence-corrected chi connectivity index (χ1v) is 11.7. The minimum absolute atomic E-state index is 0. The molecule has 1 aromatic heterocycles. The smallest absolute Gasteiger partial charge is 0.225 e. The van der Waals surface area contributed by atoms with E-state index < -0.39 is 10.8 Å². The lowest BCUT2D eigenvalue weighted by Gasteiger charge is -2.35. The van der Waals surface area contributed by atoms with Crippen LogP contribution in [0.5, 0.6) is 5.75 Å². The summed E-state index contributed by atoms with van der Waals surface area (Å²) >= 11 is 0. The van der Waals surface area contributed by atoms with Gasteiger partial charge >= 0.3 is 0 Å². The first kappa shape index (κ1) is 23.3. The van der Waals surface area contributed by atoms with Crippen LogP contribution in [0.4, 0.5) is 5.95 Å². The molecule has 2 atom stereocenters. The van der Waals surface area contributed by atoms with Crippen molar-refractivity contribution >= 4 is 16.7 Å². The average Bonchev–Trinajstić information content (AvgIpc) is 2.74. The lowest BCUT2D eigenvalue weighted by Crippen LogP contribution is -2.37. The van der Waals surface area contributed by atoms with Crippen LogP contribution in [0.25, 0.3) is 0 Å². The van der Waals surface area contributed by atoms with Crippen LogP contribution < -0.4 is 9.64 Å². The maximum atomic E-state index is 11.4. The van der Waals surface area contributed by atoms with Crippen molar-refractivity contribution in [3.8, 4) is 5.75 Å². The number of hydrogen-bond donors (Lipinski definition) is 0. The van der Waals surface area contributed by atoms with Crippen LogP contribution in [-0.2, 0) is 17.2 Å². The number of ether oxygens (including phenoxy) is 1. The van der Waals surface area contributed by atoms with E-state index in [1.54, 1.807) is 6.26 Å². The third-order valence-corrected chi connectivity index (χ3v) is 6.66. The average molecular weight is 420 g/mol. The Balaban J connectivity index is 0.00000300. The van der Waals surface area contributed by atoms with Crippen molar-refractivity contribution in [1.82, 2.24) is 9.97 Å². The molecule has 0 aliphatic carbocycles.